The zero-order chi connectivity index (χ0) is 31.8. The second-order valence-electron chi connectivity index (χ2n) is 10.2. The third kappa shape index (κ3) is 9.76. The van der Waals surface area contributed by atoms with E-state index in [9.17, 15) is 33.0 Å². The van der Waals surface area contributed by atoms with E-state index in [4.69, 9.17) is 15.7 Å². The predicted molar refractivity (Wildman–Crippen MR) is 157 cm³/mol. The molecule has 3 aromatic rings. The number of pyridine rings is 1. The highest BCUT2D eigenvalue weighted by Gasteiger charge is 2.27. The van der Waals surface area contributed by atoms with Crippen molar-refractivity contribution < 1.29 is 37.6 Å². The molecule has 1 atom stereocenters. The van der Waals surface area contributed by atoms with Crippen molar-refractivity contribution in [3.8, 4) is 11.1 Å². The first-order valence-electron chi connectivity index (χ1n) is 12.3. The molecule has 0 aliphatic rings. The number of aromatic carboxylic acids is 1. The van der Waals surface area contributed by atoms with Crippen molar-refractivity contribution in [2.75, 3.05) is 18.2 Å². The Labute approximate surface area is 243 Å². The molecule has 2 amide bonds. The highest BCUT2D eigenvalue weighted by atomic mass is 32.2. The fourth-order valence-electron chi connectivity index (χ4n) is 3.61. The van der Waals surface area contributed by atoms with E-state index < -0.39 is 39.4 Å². The van der Waals surface area contributed by atoms with Gasteiger partial charge in [-0.25, -0.2) is 4.79 Å². The highest BCUT2D eigenvalue weighted by Crippen LogP contribution is 2.29. The Morgan fingerprint density at radius 3 is 2.05 bits per heavy atom. The van der Waals surface area contributed by atoms with Crippen molar-refractivity contribution in [2.24, 2.45) is 11.1 Å². The lowest BCUT2D eigenvalue weighted by Gasteiger charge is -2.29. The van der Waals surface area contributed by atoms with Gasteiger partial charge < -0.3 is 26.6 Å². The third-order valence-corrected chi connectivity index (χ3v) is 5.86. The molecule has 13 nitrogen and oxygen atoms in total. The summed E-state index contributed by atoms with van der Waals surface area (Å²) in [6, 6.07) is 11.5. The number of amidine groups is 1. The molecule has 0 bridgehead atoms. The first-order chi connectivity index (χ1) is 19.4. The Morgan fingerprint density at radius 2 is 1.55 bits per heavy atom. The fraction of sp³-hybridized carbons (Fsp3) is 0.250. The smallest absolute Gasteiger partial charge is 0.336 e. The van der Waals surface area contributed by atoms with Crippen molar-refractivity contribution in [2.45, 2.75) is 26.8 Å². The number of nitrogens with zero attached hydrogens (tertiary/aromatic N) is 1. The number of anilines is 1. The van der Waals surface area contributed by atoms with E-state index >= 15 is 0 Å². The van der Waals surface area contributed by atoms with Crippen molar-refractivity contribution in [3.05, 3.63) is 83.2 Å². The van der Waals surface area contributed by atoms with Crippen molar-refractivity contribution >= 4 is 39.4 Å². The molecular formula is C28H33N5O8S. The number of aromatic nitrogens is 1. The Hall–Kier alpha value is -4.66. The van der Waals surface area contributed by atoms with Crippen LogP contribution in [0.4, 0.5) is 5.69 Å². The van der Waals surface area contributed by atoms with Crippen LogP contribution >= 0.6 is 0 Å². The number of rotatable bonds is 8. The van der Waals surface area contributed by atoms with Crippen LogP contribution in [0.15, 0.2) is 60.9 Å². The number of amides is 2. The number of carboxylic acid groups (broad SMARTS) is 1. The fourth-order valence-corrected chi connectivity index (χ4v) is 3.61. The van der Waals surface area contributed by atoms with Crippen molar-refractivity contribution in [1.29, 1.82) is 5.41 Å². The number of nitrogens with two attached hydrogens (primary N) is 1. The van der Waals surface area contributed by atoms with Crippen LogP contribution in [0.1, 0.15) is 57.4 Å². The standard InChI is InChI=1S/C27H29N5O5.CH4O3S/c1-27(2,3)22(14-33)32-24(34)16-6-9-18(20(12-16)26(36)37)21-13-30-11-10-19(21)25(35)31-17-7-4-15(5-8-17)23(28)29;1-5(2,3)4/h4-13,22,33H,14H2,1-3H3,(H3,28,29)(H,31,35)(H,32,34)(H,36,37);1H3,(H,2,3,4)/t22-;/m1./s1. The van der Waals surface area contributed by atoms with E-state index in [-0.39, 0.29) is 40.3 Å². The summed E-state index contributed by atoms with van der Waals surface area (Å²) < 4.78 is 25.9. The number of nitrogen functional groups attached to an aromatic ring is 1. The summed E-state index contributed by atoms with van der Waals surface area (Å²) in [6.07, 6.45) is 3.52. The number of carbonyl (C=O) groups excluding carboxylic acids is 2. The topological polar surface area (TPSA) is 233 Å². The predicted octanol–water partition coefficient (Wildman–Crippen LogP) is 2.62. The third-order valence-electron chi connectivity index (χ3n) is 5.86. The molecule has 224 valence electrons. The number of benzene rings is 2. The number of carbonyl (C=O) groups is 3. The van der Waals surface area contributed by atoms with Crippen LogP contribution in [0.25, 0.3) is 11.1 Å². The number of nitrogens with one attached hydrogen (secondary N) is 3. The first kappa shape index (κ1) is 33.5. The molecule has 0 saturated carbocycles. The number of hydrogen-bond donors (Lipinski definition) is 7. The molecule has 14 heteroatoms. The minimum atomic E-state index is -3.67. The van der Waals surface area contributed by atoms with Gasteiger partial charge in [0.05, 0.1) is 30.0 Å². The molecule has 0 saturated heterocycles. The molecule has 0 aliphatic heterocycles. The van der Waals surface area contributed by atoms with Gasteiger partial charge in [0.2, 0.25) is 0 Å². The van der Waals surface area contributed by atoms with E-state index in [1.165, 1.54) is 36.7 Å². The van der Waals surface area contributed by atoms with Gasteiger partial charge in [0.1, 0.15) is 5.84 Å². The number of aliphatic hydroxyl groups excluding tert-OH is 1. The van der Waals surface area contributed by atoms with Gasteiger partial charge in [0, 0.05) is 34.8 Å². The zero-order valence-corrected chi connectivity index (χ0v) is 24.2. The molecule has 0 radical (unpaired) electrons. The van der Waals surface area contributed by atoms with Gasteiger partial charge in [-0.3, -0.25) is 24.5 Å². The molecule has 0 fully saturated rings. The second kappa shape index (κ2) is 13.8. The number of hydrogen-bond acceptors (Lipinski definition) is 8. The van der Waals surface area contributed by atoms with E-state index in [1.54, 1.807) is 24.3 Å². The van der Waals surface area contributed by atoms with Crippen LogP contribution in [0.5, 0.6) is 0 Å². The molecule has 0 spiro atoms. The van der Waals surface area contributed by atoms with Crippen LogP contribution in [0.2, 0.25) is 0 Å². The maximum absolute atomic E-state index is 13.1. The number of aliphatic hydroxyl groups is 1. The summed E-state index contributed by atoms with van der Waals surface area (Å²) in [6.45, 7) is 5.33. The Bertz CT molecular complexity index is 1570. The molecule has 1 aromatic heterocycles. The van der Waals surface area contributed by atoms with E-state index in [2.05, 4.69) is 15.6 Å². The molecule has 1 heterocycles. The molecule has 0 aliphatic carbocycles. The molecular weight excluding hydrogens is 566 g/mol. The summed E-state index contributed by atoms with van der Waals surface area (Å²) in [5.74, 6) is -2.41. The summed E-state index contributed by atoms with van der Waals surface area (Å²) in [5.41, 5.74) is 6.59. The Balaban J connectivity index is 0.00000113. The van der Waals surface area contributed by atoms with E-state index in [0.717, 1.165) is 0 Å². The lowest BCUT2D eigenvalue weighted by atomic mass is 9.87. The zero-order valence-electron chi connectivity index (χ0n) is 23.4. The van der Waals surface area contributed by atoms with Crippen molar-refractivity contribution in [3.63, 3.8) is 0 Å². The molecule has 8 N–H and O–H groups in total. The maximum atomic E-state index is 13.1. The lowest BCUT2D eigenvalue weighted by Crippen LogP contribution is -2.46. The van der Waals surface area contributed by atoms with Crippen LogP contribution in [-0.2, 0) is 10.1 Å². The van der Waals surface area contributed by atoms with Crippen LogP contribution in [-0.4, -0.2) is 70.7 Å². The minimum absolute atomic E-state index is 0.0992. The monoisotopic (exact) mass is 599 g/mol. The summed E-state index contributed by atoms with van der Waals surface area (Å²) in [5, 5.41) is 32.5. The second-order valence-corrected chi connectivity index (χ2v) is 11.7. The molecule has 42 heavy (non-hydrogen) atoms. The average molecular weight is 600 g/mol. The van der Waals surface area contributed by atoms with Gasteiger partial charge in [-0.15, -0.1) is 0 Å². The quantitative estimate of drug-likeness (QED) is 0.114. The average Bonchev–Trinajstić information content (AvgIpc) is 2.89. The van der Waals surface area contributed by atoms with Gasteiger partial charge in [-0.2, -0.15) is 8.42 Å². The van der Waals surface area contributed by atoms with Gasteiger partial charge >= 0.3 is 5.97 Å². The van der Waals surface area contributed by atoms with E-state index in [1.807, 2.05) is 20.8 Å². The Morgan fingerprint density at radius 1 is 0.976 bits per heavy atom. The lowest BCUT2D eigenvalue weighted by molar-refractivity contribution is 0.0697. The maximum Gasteiger partial charge on any atom is 0.336 e. The molecule has 2 aromatic carbocycles. The van der Waals surface area contributed by atoms with Gasteiger partial charge in [0.25, 0.3) is 21.9 Å². The van der Waals surface area contributed by atoms with Gasteiger partial charge in [0.15, 0.2) is 0 Å². The van der Waals surface area contributed by atoms with Crippen molar-refractivity contribution in [1.82, 2.24) is 10.3 Å². The van der Waals surface area contributed by atoms with Crippen LogP contribution < -0.4 is 16.4 Å². The van der Waals surface area contributed by atoms with Gasteiger partial charge in [-0.05, 0) is 53.4 Å². The SMILES string of the molecule is CC(C)(C)[C@@H](CO)NC(=O)c1ccc(-c2cnccc2C(=O)Nc2ccc(C(=N)N)cc2)c(C(=O)O)c1.CS(=O)(=O)O. The first-order valence-corrected chi connectivity index (χ1v) is 14.2. The molecule has 0 unspecified atom stereocenters. The van der Waals surface area contributed by atoms with E-state index in [0.29, 0.717) is 17.5 Å². The molecule has 3 rings (SSSR count). The summed E-state index contributed by atoms with van der Waals surface area (Å²) in [4.78, 5) is 42.1. The largest absolute Gasteiger partial charge is 0.478 e. The minimum Gasteiger partial charge on any atom is -0.478 e. The van der Waals surface area contributed by atoms with Gasteiger partial charge in [-0.1, -0.05) is 26.8 Å². The van der Waals surface area contributed by atoms with Crippen LogP contribution in [0.3, 0.4) is 0 Å². The highest BCUT2D eigenvalue weighted by molar-refractivity contribution is 7.85. The summed E-state index contributed by atoms with van der Waals surface area (Å²) in [7, 11) is -3.67. The van der Waals surface area contributed by atoms with Crippen LogP contribution in [0, 0.1) is 10.8 Å². The Kier molecular flexibility index (Phi) is 11.0. The number of carboxylic acids is 1. The normalized spacial score (nSPS) is 11.9. The summed E-state index contributed by atoms with van der Waals surface area (Å²) >= 11 is 0.